The number of benzene rings is 10. The molecule has 1 unspecified atom stereocenters. The van der Waals surface area contributed by atoms with Crippen molar-refractivity contribution in [1.82, 2.24) is 0 Å². The fraction of sp³-hybridized carbons (Fsp3) is 0.0169. The zero-order chi connectivity index (χ0) is 40.8. The summed E-state index contributed by atoms with van der Waals surface area (Å²) in [4.78, 5) is 4.87. The lowest BCUT2D eigenvalue weighted by molar-refractivity contribution is 0.669. The third-order valence-electron chi connectivity index (χ3n) is 13.2. The van der Waals surface area contributed by atoms with Gasteiger partial charge in [-0.25, -0.2) is 0 Å². The van der Waals surface area contributed by atoms with Crippen LogP contribution < -0.4 is 9.80 Å². The van der Waals surface area contributed by atoms with Crippen molar-refractivity contribution < 1.29 is 4.42 Å². The average Bonchev–Trinajstić information content (AvgIpc) is 3.98. The van der Waals surface area contributed by atoms with Gasteiger partial charge in [0.05, 0.1) is 22.2 Å². The molecule has 10 aromatic carbocycles. The summed E-state index contributed by atoms with van der Waals surface area (Å²) >= 11 is 0. The molecular formula is C59H38N2O. The lowest BCUT2D eigenvalue weighted by Gasteiger charge is -2.34. The second-order valence-corrected chi connectivity index (χ2v) is 16.4. The van der Waals surface area contributed by atoms with Gasteiger partial charge in [-0.3, -0.25) is 0 Å². The summed E-state index contributed by atoms with van der Waals surface area (Å²) in [5.74, 6) is 0. The van der Waals surface area contributed by atoms with E-state index in [0.29, 0.717) is 0 Å². The van der Waals surface area contributed by atoms with E-state index < -0.39 is 5.41 Å². The molecule has 0 saturated carbocycles. The van der Waals surface area contributed by atoms with Crippen LogP contribution in [0.15, 0.2) is 235 Å². The van der Waals surface area contributed by atoms with Crippen LogP contribution in [0, 0.1) is 0 Å². The van der Waals surface area contributed by atoms with Crippen molar-refractivity contribution >= 4 is 66.8 Å². The third-order valence-corrected chi connectivity index (χ3v) is 13.2. The van der Waals surface area contributed by atoms with E-state index >= 15 is 0 Å². The van der Waals surface area contributed by atoms with Crippen molar-refractivity contribution in [2.24, 2.45) is 0 Å². The highest BCUT2D eigenvalue weighted by molar-refractivity contribution is 6.16. The maximum Gasteiger partial charge on any atom is 0.137 e. The molecule has 11 aromatic rings. The smallest absolute Gasteiger partial charge is 0.137 e. The van der Waals surface area contributed by atoms with Crippen LogP contribution in [0.2, 0.25) is 0 Å². The lowest BCUT2D eigenvalue weighted by Crippen LogP contribution is -2.27. The van der Waals surface area contributed by atoms with Gasteiger partial charge in [-0.1, -0.05) is 158 Å². The van der Waals surface area contributed by atoms with Gasteiger partial charge in [0.2, 0.25) is 0 Å². The molecule has 0 N–H and O–H groups in total. The first-order valence-corrected chi connectivity index (χ1v) is 21.4. The van der Waals surface area contributed by atoms with Crippen molar-refractivity contribution in [1.29, 1.82) is 0 Å². The van der Waals surface area contributed by atoms with Gasteiger partial charge in [-0.05, 0) is 123 Å². The topological polar surface area (TPSA) is 19.6 Å². The average molecular weight is 791 g/mol. The Morgan fingerprint density at radius 1 is 0.339 bits per heavy atom. The standard InChI is InChI=1S/C59H38N2O/c1-4-20-40(21-5-1)60(41-22-6-2-7-23-41)43-35-36-46-45-27-12-15-30-49(45)59(51(46)38-43)50-31-16-13-28-47(50)57-53(37-39-19-10-11-26-44(39)58(57)59)61(42-24-8-3-9-25-42)52-32-18-34-55-56(52)48-29-14-17-33-54(48)62-55/h1-38H. The monoisotopic (exact) mass is 790 g/mol. The molecule has 13 rings (SSSR count). The van der Waals surface area contributed by atoms with Gasteiger partial charge in [-0.2, -0.15) is 0 Å². The molecule has 0 bridgehead atoms. The Balaban J connectivity index is 1.17. The molecule has 3 heteroatoms. The Kier molecular flexibility index (Phi) is 7.52. The molecule has 0 amide bonds. The molecule has 1 heterocycles. The predicted octanol–water partition coefficient (Wildman–Crippen LogP) is 16.0. The Morgan fingerprint density at radius 3 is 1.61 bits per heavy atom. The van der Waals surface area contributed by atoms with Gasteiger partial charge in [-0.15, -0.1) is 0 Å². The summed E-state index contributed by atoms with van der Waals surface area (Å²) < 4.78 is 6.55. The minimum absolute atomic E-state index is 0.626. The summed E-state index contributed by atoms with van der Waals surface area (Å²) in [5, 5.41) is 4.63. The number of nitrogens with zero attached hydrogens (tertiary/aromatic N) is 2. The molecule has 1 aromatic heterocycles. The van der Waals surface area contributed by atoms with Gasteiger partial charge in [0.15, 0.2) is 0 Å². The number of furan rings is 1. The molecule has 1 atom stereocenters. The van der Waals surface area contributed by atoms with E-state index in [1.54, 1.807) is 0 Å². The molecule has 1 spiro atoms. The van der Waals surface area contributed by atoms with Crippen LogP contribution in [0.1, 0.15) is 22.3 Å². The molecule has 62 heavy (non-hydrogen) atoms. The second-order valence-electron chi connectivity index (χ2n) is 16.4. The Bertz CT molecular complexity index is 3500. The SMILES string of the molecule is c1ccc(N(c2ccccc2)c2ccc3c(c2)C2(c4ccccc4-3)c3ccccc3-c3c(N(c4ccccc4)c4cccc5oc6ccccc6c45)cc4ccccc4c32)cc1. The molecule has 3 nitrogen and oxygen atoms in total. The quantitative estimate of drug-likeness (QED) is 0.167. The maximum absolute atomic E-state index is 6.55. The number of para-hydroxylation sites is 4. The Labute approximate surface area is 360 Å². The Hall–Kier alpha value is -8.14. The number of rotatable bonds is 6. The zero-order valence-electron chi connectivity index (χ0n) is 33.7. The second kappa shape index (κ2) is 13.4. The van der Waals surface area contributed by atoms with Crippen LogP contribution in [-0.2, 0) is 5.41 Å². The van der Waals surface area contributed by atoms with Crippen molar-refractivity contribution in [3.05, 3.63) is 253 Å². The summed E-state index contributed by atoms with van der Waals surface area (Å²) in [6, 6.07) is 84.1. The molecule has 0 aliphatic heterocycles. The van der Waals surface area contributed by atoms with E-state index in [4.69, 9.17) is 4.42 Å². The highest BCUT2D eigenvalue weighted by atomic mass is 16.3. The van der Waals surface area contributed by atoms with E-state index in [9.17, 15) is 0 Å². The molecule has 0 saturated heterocycles. The van der Waals surface area contributed by atoms with Gasteiger partial charge in [0.25, 0.3) is 0 Å². The van der Waals surface area contributed by atoms with E-state index in [2.05, 4.69) is 234 Å². The fourth-order valence-corrected chi connectivity index (χ4v) is 10.8. The highest BCUT2D eigenvalue weighted by Gasteiger charge is 2.53. The van der Waals surface area contributed by atoms with Crippen molar-refractivity contribution in [3.63, 3.8) is 0 Å². The first-order chi connectivity index (χ1) is 30.8. The van der Waals surface area contributed by atoms with E-state index in [0.717, 1.165) is 56.1 Å². The van der Waals surface area contributed by atoms with E-state index in [-0.39, 0.29) is 0 Å². The van der Waals surface area contributed by atoms with Crippen LogP contribution in [0.25, 0.3) is 55.0 Å². The van der Waals surface area contributed by atoms with Gasteiger partial charge in [0.1, 0.15) is 11.2 Å². The molecule has 0 radical (unpaired) electrons. The van der Waals surface area contributed by atoms with Crippen LogP contribution in [0.3, 0.4) is 0 Å². The molecule has 2 aliphatic carbocycles. The van der Waals surface area contributed by atoms with Crippen molar-refractivity contribution in [2.75, 3.05) is 9.80 Å². The van der Waals surface area contributed by atoms with Crippen molar-refractivity contribution in [3.8, 4) is 22.3 Å². The molecule has 290 valence electrons. The molecule has 2 aliphatic rings. The first-order valence-electron chi connectivity index (χ1n) is 21.4. The largest absolute Gasteiger partial charge is 0.456 e. The lowest BCUT2D eigenvalue weighted by atomic mass is 9.69. The highest BCUT2D eigenvalue weighted by Crippen LogP contribution is 2.67. The van der Waals surface area contributed by atoms with E-state index in [1.165, 1.54) is 55.3 Å². The summed E-state index contributed by atoms with van der Waals surface area (Å²) in [6.45, 7) is 0. The third kappa shape index (κ3) is 4.82. The van der Waals surface area contributed by atoms with E-state index in [1.807, 2.05) is 6.07 Å². The maximum atomic E-state index is 6.55. The number of hydrogen-bond donors (Lipinski definition) is 0. The summed E-state index contributed by atoms with van der Waals surface area (Å²) in [6.07, 6.45) is 0. The van der Waals surface area contributed by atoms with Crippen molar-refractivity contribution in [2.45, 2.75) is 5.41 Å². The summed E-state index contributed by atoms with van der Waals surface area (Å²) in [7, 11) is 0. The molecular weight excluding hydrogens is 753 g/mol. The number of anilines is 6. The van der Waals surface area contributed by atoms with Gasteiger partial charge >= 0.3 is 0 Å². The number of hydrogen-bond acceptors (Lipinski definition) is 3. The molecule has 0 fully saturated rings. The fourth-order valence-electron chi connectivity index (χ4n) is 10.8. The van der Waals surface area contributed by atoms with Gasteiger partial charge in [0, 0.05) is 33.7 Å². The van der Waals surface area contributed by atoms with Crippen LogP contribution in [0.4, 0.5) is 34.1 Å². The Morgan fingerprint density at radius 2 is 0.887 bits per heavy atom. The summed E-state index contributed by atoms with van der Waals surface area (Å²) in [5.41, 5.74) is 18.0. The minimum atomic E-state index is -0.626. The number of fused-ring (bicyclic) bond motifs is 15. The first kappa shape index (κ1) is 34.7. The van der Waals surface area contributed by atoms with Gasteiger partial charge < -0.3 is 14.2 Å². The van der Waals surface area contributed by atoms with Crippen LogP contribution >= 0.6 is 0 Å². The zero-order valence-corrected chi connectivity index (χ0v) is 33.7. The minimum Gasteiger partial charge on any atom is -0.456 e. The van der Waals surface area contributed by atoms with Crippen LogP contribution in [-0.4, -0.2) is 0 Å². The predicted molar refractivity (Wildman–Crippen MR) is 257 cm³/mol. The van der Waals surface area contributed by atoms with Crippen LogP contribution in [0.5, 0.6) is 0 Å². The normalized spacial score (nSPS) is 14.5.